The summed E-state index contributed by atoms with van der Waals surface area (Å²) in [5.41, 5.74) is 7.39. The maximum atomic E-state index is 9.46. The lowest BCUT2D eigenvalue weighted by molar-refractivity contribution is 0.487. The topological polar surface area (TPSA) is 77.2 Å². The Hall–Kier alpha value is -3.50. The standard InChI is InChI=1S/C24H22N6S/c25-11-18-10-19(15-30(14-18)13-17-6-2-1-3-7-17)12-28-29-23-22-20-8-4-5-9-21(20)31-24(22)27-16-26-23/h1-3,6-7,12,14-16H,4-5,8-10,13H2,(H,26,27,29)/b28-12-. The minimum Gasteiger partial charge on any atom is -0.349 e. The van der Waals surface area contributed by atoms with Gasteiger partial charge in [0.25, 0.3) is 0 Å². The normalized spacial score (nSPS) is 16.0. The molecule has 1 aliphatic carbocycles. The molecule has 3 heterocycles. The highest BCUT2D eigenvalue weighted by Crippen LogP contribution is 2.38. The van der Waals surface area contributed by atoms with Gasteiger partial charge in [-0.2, -0.15) is 10.4 Å². The maximum absolute atomic E-state index is 9.46. The minimum absolute atomic E-state index is 0.569. The van der Waals surface area contributed by atoms with Crippen molar-refractivity contribution in [3.8, 4) is 6.07 Å². The van der Waals surface area contributed by atoms with Gasteiger partial charge in [-0.05, 0) is 42.4 Å². The van der Waals surface area contributed by atoms with E-state index in [9.17, 15) is 5.26 Å². The van der Waals surface area contributed by atoms with E-state index in [4.69, 9.17) is 0 Å². The lowest BCUT2D eigenvalue weighted by atomic mass is 9.97. The predicted octanol–water partition coefficient (Wildman–Crippen LogP) is 5.17. The van der Waals surface area contributed by atoms with Crippen molar-refractivity contribution in [1.82, 2.24) is 14.9 Å². The van der Waals surface area contributed by atoms with Gasteiger partial charge in [-0.15, -0.1) is 11.3 Å². The van der Waals surface area contributed by atoms with Gasteiger partial charge in [0.1, 0.15) is 11.2 Å². The fraction of sp³-hybridized carbons (Fsp3) is 0.250. The molecule has 0 unspecified atom stereocenters. The molecule has 0 saturated heterocycles. The van der Waals surface area contributed by atoms with Gasteiger partial charge in [-0.3, -0.25) is 5.43 Å². The van der Waals surface area contributed by atoms with Crippen LogP contribution in [-0.4, -0.2) is 21.1 Å². The van der Waals surface area contributed by atoms with E-state index in [1.807, 2.05) is 35.5 Å². The maximum Gasteiger partial charge on any atom is 0.158 e. The Kier molecular flexibility index (Phi) is 5.46. The third-order valence-corrected chi connectivity index (χ3v) is 6.75. The molecule has 1 aromatic carbocycles. The molecule has 5 rings (SSSR count). The summed E-state index contributed by atoms with van der Waals surface area (Å²) in [4.78, 5) is 13.4. The summed E-state index contributed by atoms with van der Waals surface area (Å²) in [6, 6.07) is 12.5. The van der Waals surface area contributed by atoms with E-state index in [0.717, 1.165) is 40.0 Å². The number of hydrazone groups is 1. The Balaban J connectivity index is 1.35. The molecular formula is C24H22N6S. The summed E-state index contributed by atoms with van der Waals surface area (Å²) in [5.74, 6) is 0.759. The third kappa shape index (κ3) is 4.21. The monoisotopic (exact) mass is 426 g/mol. The number of hydrogen-bond donors (Lipinski definition) is 1. The lowest BCUT2D eigenvalue weighted by Crippen LogP contribution is -2.15. The first kappa shape index (κ1) is 19.5. The van der Waals surface area contributed by atoms with Crippen molar-refractivity contribution in [2.24, 2.45) is 5.10 Å². The summed E-state index contributed by atoms with van der Waals surface area (Å²) in [7, 11) is 0. The second kappa shape index (κ2) is 8.70. The zero-order valence-electron chi connectivity index (χ0n) is 17.1. The lowest BCUT2D eigenvalue weighted by Gasteiger charge is -2.21. The van der Waals surface area contributed by atoms with Gasteiger partial charge in [0.2, 0.25) is 0 Å². The molecule has 0 bridgehead atoms. The van der Waals surface area contributed by atoms with Crippen LogP contribution in [0.1, 0.15) is 35.3 Å². The Morgan fingerprint density at radius 3 is 2.90 bits per heavy atom. The largest absolute Gasteiger partial charge is 0.349 e. The molecule has 0 radical (unpaired) electrons. The number of allylic oxidation sites excluding steroid dienone is 2. The molecule has 0 saturated carbocycles. The van der Waals surface area contributed by atoms with E-state index < -0.39 is 0 Å². The van der Waals surface area contributed by atoms with E-state index in [-0.39, 0.29) is 0 Å². The van der Waals surface area contributed by atoms with Crippen LogP contribution in [0.15, 0.2) is 65.3 Å². The van der Waals surface area contributed by atoms with Gasteiger partial charge in [0.05, 0.1) is 23.2 Å². The molecule has 0 spiro atoms. The first-order valence-corrected chi connectivity index (χ1v) is 11.3. The van der Waals surface area contributed by atoms with Crippen molar-refractivity contribution in [2.75, 3.05) is 5.43 Å². The molecule has 2 aliphatic rings. The van der Waals surface area contributed by atoms with Gasteiger partial charge in [-0.25, -0.2) is 9.97 Å². The van der Waals surface area contributed by atoms with E-state index in [1.165, 1.54) is 28.8 Å². The van der Waals surface area contributed by atoms with Crippen LogP contribution in [-0.2, 0) is 19.4 Å². The number of rotatable bonds is 5. The van der Waals surface area contributed by atoms with E-state index in [2.05, 4.69) is 38.7 Å². The molecule has 31 heavy (non-hydrogen) atoms. The molecule has 154 valence electrons. The van der Waals surface area contributed by atoms with Crippen LogP contribution in [0.2, 0.25) is 0 Å². The van der Waals surface area contributed by atoms with Crippen LogP contribution in [0.25, 0.3) is 10.2 Å². The number of fused-ring (bicyclic) bond motifs is 3. The molecule has 6 nitrogen and oxygen atoms in total. The highest BCUT2D eigenvalue weighted by atomic mass is 32.1. The van der Waals surface area contributed by atoms with Crippen LogP contribution in [0, 0.1) is 11.3 Å². The van der Waals surface area contributed by atoms with Crippen molar-refractivity contribution in [3.05, 3.63) is 76.2 Å². The first-order chi connectivity index (χ1) is 15.3. The third-order valence-electron chi connectivity index (χ3n) is 5.55. The van der Waals surface area contributed by atoms with Gasteiger partial charge in [0, 0.05) is 30.2 Å². The average Bonchev–Trinajstić information content (AvgIpc) is 3.19. The molecule has 2 aromatic heterocycles. The number of nitriles is 1. The predicted molar refractivity (Wildman–Crippen MR) is 125 cm³/mol. The molecule has 0 fully saturated rings. The first-order valence-electron chi connectivity index (χ1n) is 10.5. The van der Waals surface area contributed by atoms with Crippen LogP contribution in [0.5, 0.6) is 0 Å². The van der Waals surface area contributed by atoms with E-state index >= 15 is 0 Å². The number of nitrogens with one attached hydrogen (secondary N) is 1. The number of benzene rings is 1. The smallest absolute Gasteiger partial charge is 0.158 e. The van der Waals surface area contributed by atoms with Gasteiger partial charge < -0.3 is 4.90 Å². The molecule has 0 atom stereocenters. The van der Waals surface area contributed by atoms with Gasteiger partial charge in [-0.1, -0.05) is 30.3 Å². The van der Waals surface area contributed by atoms with E-state index in [0.29, 0.717) is 13.0 Å². The summed E-state index contributed by atoms with van der Waals surface area (Å²) in [5, 5.41) is 15.0. The van der Waals surface area contributed by atoms with Crippen LogP contribution in [0.4, 0.5) is 5.82 Å². The highest BCUT2D eigenvalue weighted by Gasteiger charge is 2.19. The summed E-state index contributed by atoms with van der Waals surface area (Å²) >= 11 is 1.78. The van der Waals surface area contributed by atoms with Crippen molar-refractivity contribution in [1.29, 1.82) is 5.26 Å². The molecule has 7 heteroatoms. The van der Waals surface area contributed by atoms with Gasteiger partial charge in [0.15, 0.2) is 5.82 Å². The molecule has 1 N–H and O–H groups in total. The highest BCUT2D eigenvalue weighted by molar-refractivity contribution is 7.19. The van der Waals surface area contributed by atoms with Crippen LogP contribution in [0.3, 0.4) is 0 Å². The molecule has 3 aromatic rings. The Morgan fingerprint density at radius 1 is 1.16 bits per heavy atom. The van der Waals surface area contributed by atoms with Gasteiger partial charge >= 0.3 is 0 Å². The summed E-state index contributed by atoms with van der Waals surface area (Å²) < 4.78 is 0. The molecular weight excluding hydrogens is 404 g/mol. The van der Waals surface area contributed by atoms with Crippen molar-refractivity contribution >= 4 is 33.6 Å². The number of anilines is 1. The summed E-state index contributed by atoms with van der Waals surface area (Å²) in [6.45, 7) is 0.713. The zero-order chi connectivity index (χ0) is 21.0. The Labute approximate surface area is 185 Å². The van der Waals surface area contributed by atoms with E-state index in [1.54, 1.807) is 23.9 Å². The number of thiophene rings is 1. The number of hydrogen-bond acceptors (Lipinski definition) is 7. The second-order valence-electron chi connectivity index (χ2n) is 7.79. The zero-order valence-corrected chi connectivity index (χ0v) is 17.9. The number of aromatic nitrogens is 2. The quantitative estimate of drug-likeness (QED) is 0.450. The average molecular weight is 427 g/mol. The Morgan fingerprint density at radius 2 is 2.03 bits per heavy atom. The molecule has 0 amide bonds. The van der Waals surface area contributed by atoms with Crippen LogP contribution < -0.4 is 5.43 Å². The SMILES string of the molecule is N#CC1=CN(Cc2ccccc2)C=C(/C=N\Nc2ncnc3sc4c(c23)CCCC4)C1. The minimum atomic E-state index is 0.569. The van der Waals surface area contributed by atoms with Crippen molar-refractivity contribution < 1.29 is 0 Å². The fourth-order valence-corrected chi connectivity index (χ4v) is 5.37. The molecule has 1 aliphatic heterocycles. The Bertz CT molecular complexity index is 1230. The fourth-order valence-electron chi connectivity index (χ4n) is 4.15. The van der Waals surface area contributed by atoms with Crippen LogP contribution >= 0.6 is 11.3 Å². The number of nitrogens with zero attached hydrogens (tertiary/aromatic N) is 5. The summed E-state index contributed by atoms with van der Waals surface area (Å²) in [6.07, 6.45) is 12.6. The van der Waals surface area contributed by atoms with Crippen molar-refractivity contribution in [2.45, 2.75) is 38.6 Å². The van der Waals surface area contributed by atoms with Crippen molar-refractivity contribution in [3.63, 3.8) is 0 Å². The number of aryl methyl sites for hydroxylation is 2. The second-order valence-corrected chi connectivity index (χ2v) is 8.87.